The molecule has 2 rings (SSSR count). The van der Waals surface area contributed by atoms with Gasteiger partial charge in [-0.3, -0.25) is 4.79 Å². The molecule has 1 N–H and O–H groups in total. The minimum atomic E-state index is 0.136. The maximum atomic E-state index is 11.5. The third kappa shape index (κ3) is 3.19. The van der Waals surface area contributed by atoms with Gasteiger partial charge in [0.25, 0.3) is 0 Å². The van der Waals surface area contributed by atoms with Crippen LogP contribution in [0.4, 0.5) is 0 Å². The quantitative estimate of drug-likeness (QED) is 0.805. The molecule has 1 spiro atoms. The number of amides is 1. The standard InChI is InChI=1S/C13H24N2O2/c1-15(2)12(16)10-14-11-5-8-17-13(9-11)6-3-4-7-13/h11,14H,3-10H2,1-2H3. The van der Waals surface area contributed by atoms with Gasteiger partial charge in [0.15, 0.2) is 0 Å². The molecular weight excluding hydrogens is 216 g/mol. The van der Waals surface area contributed by atoms with Crippen molar-refractivity contribution in [2.24, 2.45) is 0 Å². The number of carbonyl (C=O) groups is 1. The van der Waals surface area contributed by atoms with Gasteiger partial charge in [0, 0.05) is 26.7 Å². The summed E-state index contributed by atoms with van der Waals surface area (Å²) in [6.07, 6.45) is 7.10. The monoisotopic (exact) mass is 240 g/mol. The van der Waals surface area contributed by atoms with Crippen molar-refractivity contribution in [1.29, 1.82) is 0 Å². The van der Waals surface area contributed by atoms with Crippen LogP contribution in [0, 0.1) is 0 Å². The average molecular weight is 240 g/mol. The maximum absolute atomic E-state index is 11.5. The molecule has 1 amide bonds. The van der Waals surface area contributed by atoms with Crippen LogP contribution in [0.5, 0.6) is 0 Å². The molecule has 2 aliphatic rings. The molecule has 98 valence electrons. The van der Waals surface area contributed by atoms with Crippen molar-refractivity contribution in [2.45, 2.75) is 50.2 Å². The van der Waals surface area contributed by atoms with Gasteiger partial charge >= 0.3 is 0 Å². The van der Waals surface area contributed by atoms with E-state index < -0.39 is 0 Å². The Morgan fingerprint density at radius 2 is 2.12 bits per heavy atom. The number of nitrogens with one attached hydrogen (secondary N) is 1. The lowest BCUT2D eigenvalue weighted by atomic mass is 9.89. The Kier molecular flexibility index (Phi) is 4.05. The van der Waals surface area contributed by atoms with Crippen molar-refractivity contribution in [1.82, 2.24) is 10.2 Å². The molecule has 1 atom stereocenters. The molecule has 0 aromatic carbocycles. The van der Waals surface area contributed by atoms with Crippen LogP contribution in [0.15, 0.2) is 0 Å². The minimum absolute atomic E-state index is 0.136. The molecule has 1 saturated heterocycles. The van der Waals surface area contributed by atoms with E-state index in [-0.39, 0.29) is 11.5 Å². The third-order valence-corrected chi connectivity index (χ3v) is 4.05. The molecule has 0 bridgehead atoms. The SMILES string of the molecule is CN(C)C(=O)CNC1CCOC2(CCCC2)C1. The number of rotatable bonds is 3. The number of nitrogens with zero attached hydrogens (tertiary/aromatic N) is 1. The highest BCUT2D eigenvalue weighted by molar-refractivity contribution is 5.77. The van der Waals surface area contributed by atoms with E-state index in [1.54, 1.807) is 19.0 Å². The molecule has 1 unspecified atom stereocenters. The predicted octanol–water partition coefficient (Wildman–Crippen LogP) is 1.16. The first-order valence-corrected chi connectivity index (χ1v) is 6.69. The van der Waals surface area contributed by atoms with Crippen LogP contribution in [-0.2, 0) is 9.53 Å². The Morgan fingerprint density at radius 3 is 2.76 bits per heavy atom. The number of ether oxygens (including phenoxy) is 1. The molecule has 4 heteroatoms. The second-order valence-corrected chi connectivity index (χ2v) is 5.60. The fourth-order valence-corrected chi connectivity index (χ4v) is 2.96. The Labute approximate surface area is 104 Å². The summed E-state index contributed by atoms with van der Waals surface area (Å²) in [4.78, 5) is 13.2. The van der Waals surface area contributed by atoms with Crippen molar-refractivity contribution in [3.8, 4) is 0 Å². The van der Waals surface area contributed by atoms with E-state index in [1.165, 1.54) is 25.7 Å². The topological polar surface area (TPSA) is 41.6 Å². The maximum Gasteiger partial charge on any atom is 0.236 e. The summed E-state index contributed by atoms with van der Waals surface area (Å²) in [6.45, 7) is 1.29. The van der Waals surface area contributed by atoms with Gasteiger partial charge < -0.3 is 15.0 Å². The van der Waals surface area contributed by atoms with E-state index in [0.29, 0.717) is 12.6 Å². The van der Waals surface area contributed by atoms with Gasteiger partial charge in [-0.2, -0.15) is 0 Å². The van der Waals surface area contributed by atoms with Crippen LogP contribution in [0.1, 0.15) is 38.5 Å². The van der Waals surface area contributed by atoms with Gasteiger partial charge in [-0.05, 0) is 25.7 Å². The van der Waals surface area contributed by atoms with Crippen LogP contribution in [0.3, 0.4) is 0 Å². The predicted molar refractivity (Wildman–Crippen MR) is 66.9 cm³/mol. The smallest absolute Gasteiger partial charge is 0.236 e. The average Bonchev–Trinajstić information content (AvgIpc) is 2.74. The van der Waals surface area contributed by atoms with Gasteiger partial charge in [-0.1, -0.05) is 12.8 Å². The summed E-state index contributed by atoms with van der Waals surface area (Å²) in [5.74, 6) is 0.150. The molecule has 0 aromatic rings. The van der Waals surface area contributed by atoms with Gasteiger partial charge in [-0.15, -0.1) is 0 Å². The van der Waals surface area contributed by atoms with Crippen LogP contribution in [-0.4, -0.2) is 49.7 Å². The molecule has 0 radical (unpaired) electrons. The molecule has 0 aromatic heterocycles. The summed E-state index contributed by atoms with van der Waals surface area (Å²) in [7, 11) is 3.60. The van der Waals surface area contributed by atoms with Gasteiger partial charge in [0.2, 0.25) is 5.91 Å². The van der Waals surface area contributed by atoms with Crippen molar-refractivity contribution >= 4 is 5.91 Å². The zero-order valence-corrected chi connectivity index (χ0v) is 11.0. The van der Waals surface area contributed by atoms with E-state index in [9.17, 15) is 4.79 Å². The first kappa shape index (κ1) is 12.8. The minimum Gasteiger partial charge on any atom is -0.375 e. The van der Waals surface area contributed by atoms with E-state index in [1.807, 2.05) is 0 Å². The van der Waals surface area contributed by atoms with Crippen LogP contribution in [0.2, 0.25) is 0 Å². The van der Waals surface area contributed by atoms with Crippen LogP contribution < -0.4 is 5.32 Å². The first-order valence-electron chi connectivity index (χ1n) is 6.69. The lowest BCUT2D eigenvalue weighted by Crippen LogP contribution is -2.47. The fourth-order valence-electron chi connectivity index (χ4n) is 2.96. The molecular formula is C13H24N2O2. The highest BCUT2D eigenvalue weighted by Crippen LogP contribution is 2.39. The largest absolute Gasteiger partial charge is 0.375 e. The molecule has 4 nitrogen and oxygen atoms in total. The second kappa shape index (κ2) is 5.36. The second-order valence-electron chi connectivity index (χ2n) is 5.60. The number of hydrogen-bond acceptors (Lipinski definition) is 3. The molecule has 17 heavy (non-hydrogen) atoms. The van der Waals surface area contributed by atoms with Gasteiger partial charge in [0.1, 0.15) is 0 Å². The number of hydrogen-bond donors (Lipinski definition) is 1. The number of carbonyl (C=O) groups excluding carboxylic acids is 1. The normalized spacial score (nSPS) is 27.3. The Morgan fingerprint density at radius 1 is 1.41 bits per heavy atom. The lowest BCUT2D eigenvalue weighted by Gasteiger charge is -2.38. The Bertz CT molecular complexity index is 273. The molecule has 1 aliphatic heterocycles. The highest BCUT2D eigenvalue weighted by Gasteiger charge is 2.39. The highest BCUT2D eigenvalue weighted by atomic mass is 16.5. The van der Waals surface area contributed by atoms with Crippen LogP contribution in [0.25, 0.3) is 0 Å². The summed E-state index contributed by atoms with van der Waals surface area (Å²) in [5.41, 5.74) is 0.136. The van der Waals surface area contributed by atoms with E-state index >= 15 is 0 Å². The summed E-state index contributed by atoms with van der Waals surface area (Å²) in [5, 5.41) is 3.38. The first-order chi connectivity index (χ1) is 8.11. The van der Waals surface area contributed by atoms with Gasteiger partial charge in [0.05, 0.1) is 12.1 Å². The van der Waals surface area contributed by atoms with Crippen molar-refractivity contribution in [3.63, 3.8) is 0 Å². The van der Waals surface area contributed by atoms with Crippen molar-refractivity contribution < 1.29 is 9.53 Å². The Hall–Kier alpha value is -0.610. The summed E-state index contributed by atoms with van der Waals surface area (Å²) < 4.78 is 5.98. The zero-order valence-electron chi connectivity index (χ0n) is 11.0. The zero-order chi connectivity index (χ0) is 12.3. The third-order valence-electron chi connectivity index (χ3n) is 4.05. The van der Waals surface area contributed by atoms with E-state index in [2.05, 4.69) is 5.32 Å². The molecule has 2 fully saturated rings. The Balaban J connectivity index is 1.79. The fraction of sp³-hybridized carbons (Fsp3) is 0.923. The molecule has 1 aliphatic carbocycles. The molecule has 1 saturated carbocycles. The molecule has 1 heterocycles. The van der Waals surface area contributed by atoms with E-state index in [0.717, 1.165) is 19.4 Å². The number of likely N-dealkylation sites (N-methyl/N-ethyl adjacent to an activating group) is 1. The summed E-state index contributed by atoms with van der Waals surface area (Å²) >= 11 is 0. The van der Waals surface area contributed by atoms with Crippen LogP contribution >= 0.6 is 0 Å². The van der Waals surface area contributed by atoms with E-state index in [4.69, 9.17) is 4.74 Å². The van der Waals surface area contributed by atoms with Crippen molar-refractivity contribution in [2.75, 3.05) is 27.2 Å². The summed E-state index contributed by atoms with van der Waals surface area (Å²) in [6, 6.07) is 0.450. The lowest BCUT2D eigenvalue weighted by molar-refractivity contribution is -0.128. The van der Waals surface area contributed by atoms with Crippen molar-refractivity contribution in [3.05, 3.63) is 0 Å². The van der Waals surface area contributed by atoms with Gasteiger partial charge in [-0.25, -0.2) is 0 Å².